The lowest BCUT2D eigenvalue weighted by Gasteiger charge is -2.08. The largest absolute Gasteiger partial charge is 0.343 e. The number of carbonyl (C=O) groups is 3. The van der Waals surface area contributed by atoms with Gasteiger partial charge in [-0.15, -0.1) is 11.3 Å². The number of amides is 3. The van der Waals surface area contributed by atoms with Crippen LogP contribution in [0, 0.1) is 0 Å². The van der Waals surface area contributed by atoms with Gasteiger partial charge in [-0.3, -0.25) is 25.2 Å². The van der Waals surface area contributed by atoms with Gasteiger partial charge in [-0.2, -0.15) is 0 Å². The van der Waals surface area contributed by atoms with Crippen molar-refractivity contribution in [1.29, 1.82) is 0 Å². The number of hydrazine groups is 1. The van der Waals surface area contributed by atoms with Crippen molar-refractivity contribution in [2.75, 3.05) is 6.54 Å². The van der Waals surface area contributed by atoms with Crippen LogP contribution in [-0.4, -0.2) is 24.3 Å². The molecular formula is C14H11BrClN3O3S. The molecule has 0 aliphatic rings. The Morgan fingerprint density at radius 2 is 1.87 bits per heavy atom. The first-order valence-corrected chi connectivity index (χ1v) is 8.33. The van der Waals surface area contributed by atoms with Crippen LogP contribution in [0.2, 0.25) is 5.02 Å². The number of benzene rings is 1. The van der Waals surface area contributed by atoms with E-state index in [0.717, 1.165) is 3.79 Å². The highest BCUT2D eigenvalue weighted by Gasteiger charge is 2.11. The molecule has 3 N–H and O–H groups in total. The highest BCUT2D eigenvalue weighted by Crippen LogP contribution is 2.21. The lowest BCUT2D eigenvalue weighted by Crippen LogP contribution is -2.46. The Bertz CT molecular complexity index is 750. The maximum atomic E-state index is 11.8. The van der Waals surface area contributed by atoms with Crippen molar-refractivity contribution < 1.29 is 14.4 Å². The second kappa shape index (κ2) is 8.09. The van der Waals surface area contributed by atoms with Crippen LogP contribution in [0.25, 0.3) is 0 Å². The van der Waals surface area contributed by atoms with E-state index in [9.17, 15) is 14.4 Å². The maximum absolute atomic E-state index is 11.8. The number of thiophene rings is 1. The van der Waals surface area contributed by atoms with Crippen LogP contribution in [0.5, 0.6) is 0 Å². The third-order valence-electron chi connectivity index (χ3n) is 2.61. The SMILES string of the molecule is O=C(CNC(=O)c1cccc(Cl)c1)NNC(=O)c1ccc(Br)s1. The molecule has 0 fully saturated rings. The molecule has 0 saturated heterocycles. The smallest absolute Gasteiger partial charge is 0.279 e. The molecule has 0 aliphatic carbocycles. The lowest BCUT2D eigenvalue weighted by molar-refractivity contribution is -0.120. The monoisotopic (exact) mass is 415 g/mol. The molecule has 2 rings (SSSR count). The minimum Gasteiger partial charge on any atom is -0.343 e. The number of hydrogen-bond donors (Lipinski definition) is 3. The van der Waals surface area contributed by atoms with E-state index in [-0.39, 0.29) is 6.54 Å². The molecule has 9 heteroatoms. The number of nitrogens with one attached hydrogen (secondary N) is 3. The van der Waals surface area contributed by atoms with E-state index in [1.54, 1.807) is 30.3 Å². The summed E-state index contributed by atoms with van der Waals surface area (Å²) >= 11 is 10.3. The summed E-state index contributed by atoms with van der Waals surface area (Å²) in [6.07, 6.45) is 0. The zero-order valence-corrected chi connectivity index (χ0v) is 14.7. The van der Waals surface area contributed by atoms with Crippen molar-refractivity contribution in [3.8, 4) is 0 Å². The van der Waals surface area contributed by atoms with Crippen LogP contribution in [0.15, 0.2) is 40.2 Å². The van der Waals surface area contributed by atoms with E-state index < -0.39 is 17.7 Å². The molecule has 0 atom stereocenters. The minimum atomic E-state index is -0.552. The molecule has 1 aromatic carbocycles. The molecule has 2 aromatic rings. The summed E-state index contributed by atoms with van der Waals surface area (Å²) in [6.45, 7) is -0.278. The first-order valence-electron chi connectivity index (χ1n) is 6.34. The Labute approximate surface area is 149 Å². The van der Waals surface area contributed by atoms with E-state index in [1.807, 2.05) is 0 Å². The molecule has 0 unspecified atom stereocenters. The first-order chi connectivity index (χ1) is 11.0. The van der Waals surface area contributed by atoms with E-state index in [1.165, 1.54) is 17.4 Å². The van der Waals surface area contributed by atoms with Crippen molar-refractivity contribution in [3.05, 3.63) is 55.6 Å². The molecule has 0 spiro atoms. The highest BCUT2D eigenvalue weighted by molar-refractivity contribution is 9.11. The van der Waals surface area contributed by atoms with Crippen LogP contribution in [0.4, 0.5) is 0 Å². The quantitative estimate of drug-likeness (QED) is 0.669. The summed E-state index contributed by atoms with van der Waals surface area (Å²) in [4.78, 5) is 35.6. The predicted molar refractivity (Wildman–Crippen MR) is 91.4 cm³/mol. The van der Waals surface area contributed by atoms with Gasteiger partial charge in [0, 0.05) is 10.6 Å². The summed E-state index contributed by atoms with van der Waals surface area (Å²) in [5.41, 5.74) is 4.83. The van der Waals surface area contributed by atoms with Gasteiger partial charge in [-0.05, 0) is 46.3 Å². The predicted octanol–water partition coefficient (Wildman–Crippen LogP) is 2.36. The number of rotatable bonds is 4. The molecule has 0 aliphatic heterocycles. The van der Waals surface area contributed by atoms with Crippen molar-refractivity contribution in [2.45, 2.75) is 0 Å². The number of carbonyl (C=O) groups excluding carboxylic acids is 3. The summed E-state index contributed by atoms with van der Waals surface area (Å²) in [7, 11) is 0. The van der Waals surface area contributed by atoms with Gasteiger partial charge in [0.2, 0.25) is 0 Å². The van der Waals surface area contributed by atoms with Gasteiger partial charge in [0.05, 0.1) is 15.2 Å². The van der Waals surface area contributed by atoms with Gasteiger partial charge in [-0.1, -0.05) is 17.7 Å². The fourth-order valence-corrected chi connectivity index (χ4v) is 3.03. The van der Waals surface area contributed by atoms with Crippen LogP contribution < -0.4 is 16.2 Å². The van der Waals surface area contributed by atoms with Gasteiger partial charge >= 0.3 is 0 Å². The van der Waals surface area contributed by atoms with Gasteiger partial charge < -0.3 is 5.32 Å². The molecule has 6 nitrogen and oxygen atoms in total. The zero-order valence-electron chi connectivity index (χ0n) is 11.6. The first kappa shape index (κ1) is 17.5. The fraction of sp³-hybridized carbons (Fsp3) is 0.0714. The lowest BCUT2D eigenvalue weighted by atomic mass is 10.2. The van der Waals surface area contributed by atoms with Gasteiger partial charge in [0.1, 0.15) is 0 Å². The van der Waals surface area contributed by atoms with Crippen molar-refractivity contribution in [1.82, 2.24) is 16.2 Å². The maximum Gasteiger partial charge on any atom is 0.279 e. The van der Waals surface area contributed by atoms with E-state index in [4.69, 9.17) is 11.6 Å². The Balaban J connectivity index is 1.77. The van der Waals surface area contributed by atoms with Crippen LogP contribution >= 0.6 is 38.9 Å². The molecule has 1 heterocycles. The second-order valence-electron chi connectivity index (χ2n) is 4.30. The minimum absolute atomic E-state index is 0.278. The molecule has 0 radical (unpaired) electrons. The topological polar surface area (TPSA) is 87.3 Å². The van der Waals surface area contributed by atoms with Crippen LogP contribution in [-0.2, 0) is 4.79 Å². The third kappa shape index (κ3) is 5.34. The molecule has 0 saturated carbocycles. The van der Waals surface area contributed by atoms with Gasteiger partial charge in [0.25, 0.3) is 17.7 Å². The Morgan fingerprint density at radius 1 is 1.09 bits per heavy atom. The summed E-state index contributed by atoms with van der Waals surface area (Å²) in [5, 5.41) is 2.86. The molecule has 120 valence electrons. The molecule has 3 amide bonds. The van der Waals surface area contributed by atoms with E-state index in [2.05, 4.69) is 32.1 Å². The molecule has 1 aromatic heterocycles. The van der Waals surface area contributed by atoms with Gasteiger partial charge in [-0.25, -0.2) is 0 Å². The van der Waals surface area contributed by atoms with Gasteiger partial charge in [0.15, 0.2) is 0 Å². The Hall–Kier alpha value is -1.90. The van der Waals surface area contributed by atoms with Crippen molar-refractivity contribution in [2.24, 2.45) is 0 Å². The Morgan fingerprint density at radius 3 is 2.52 bits per heavy atom. The van der Waals surface area contributed by atoms with E-state index in [0.29, 0.717) is 15.5 Å². The summed E-state index contributed by atoms with van der Waals surface area (Å²) < 4.78 is 0.808. The molecule has 23 heavy (non-hydrogen) atoms. The Kier molecular flexibility index (Phi) is 6.14. The number of hydrogen-bond acceptors (Lipinski definition) is 4. The number of halogens is 2. The summed E-state index contributed by atoms with van der Waals surface area (Å²) in [6, 6.07) is 9.70. The zero-order chi connectivity index (χ0) is 16.8. The van der Waals surface area contributed by atoms with Crippen molar-refractivity contribution >= 4 is 56.6 Å². The third-order valence-corrected chi connectivity index (χ3v) is 4.47. The van der Waals surface area contributed by atoms with Crippen LogP contribution in [0.3, 0.4) is 0 Å². The highest BCUT2D eigenvalue weighted by atomic mass is 79.9. The average Bonchev–Trinajstić information content (AvgIpc) is 2.96. The van der Waals surface area contributed by atoms with Crippen LogP contribution in [0.1, 0.15) is 20.0 Å². The summed E-state index contributed by atoms with van der Waals surface area (Å²) in [5.74, 6) is -1.42. The second-order valence-corrected chi connectivity index (χ2v) is 7.20. The molecule has 0 bridgehead atoms. The van der Waals surface area contributed by atoms with E-state index >= 15 is 0 Å². The fourth-order valence-electron chi connectivity index (χ4n) is 1.56. The van der Waals surface area contributed by atoms with Crippen molar-refractivity contribution in [3.63, 3.8) is 0 Å². The normalized spacial score (nSPS) is 10.0. The standard InChI is InChI=1S/C14H11BrClN3O3S/c15-11-5-4-10(23-11)14(22)19-18-12(20)7-17-13(21)8-2-1-3-9(16)6-8/h1-6H,7H2,(H,17,21)(H,18,20)(H,19,22). The molecular weight excluding hydrogens is 406 g/mol. The average molecular weight is 417 g/mol.